The summed E-state index contributed by atoms with van der Waals surface area (Å²) in [6.07, 6.45) is 1.35. The van der Waals surface area contributed by atoms with Crippen molar-refractivity contribution in [3.8, 4) is 39.8 Å². The number of ether oxygens (including phenoxy) is 3. The molecule has 0 aromatic heterocycles. The number of methoxy groups -OCH3 is 3. The molecule has 0 saturated carbocycles. The second-order valence-electron chi connectivity index (χ2n) is 7.82. The quantitative estimate of drug-likeness (QED) is 0.613. The third-order valence-corrected chi connectivity index (χ3v) is 5.65. The standard InChI is InChI=1S/C24H26N4O5/c1-12(29)25-17-8-6-14-10-20(31-3)22(32-4)23(33-5)21(14)15-7-9-18-19(11-16(15)17)28-24(27-18)26-13(2)30/h7,9-11,17H,6,8H2,1-5H3,(H,25,29)(H,26,27,28,30). The van der Waals surface area contributed by atoms with Crippen molar-refractivity contribution in [3.05, 3.63) is 35.4 Å². The normalized spacial score (nSPS) is 14.5. The Morgan fingerprint density at radius 1 is 0.939 bits per heavy atom. The number of nitrogens with one attached hydrogen (secondary N) is 2. The van der Waals surface area contributed by atoms with Crippen LogP contribution >= 0.6 is 0 Å². The van der Waals surface area contributed by atoms with Crippen molar-refractivity contribution in [1.29, 1.82) is 0 Å². The number of aryl methyl sites for hydroxylation is 1. The maximum Gasteiger partial charge on any atom is 0.230 e. The molecule has 2 N–H and O–H groups in total. The monoisotopic (exact) mass is 450 g/mol. The van der Waals surface area contributed by atoms with Crippen LogP contribution in [-0.2, 0) is 16.0 Å². The lowest BCUT2D eigenvalue weighted by molar-refractivity contribution is -0.119. The Balaban J connectivity index is 2.02. The molecule has 1 aromatic rings. The number of carbonyl (C=O) groups is 2. The van der Waals surface area contributed by atoms with Crippen molar-refractivity contribution < 1.29 is 23.8 Å². The summed E-state index contributed by atoms with van der Waals surface area (Å²) in [6.45, 7) is 2.91. The summed E-state index contributed by atoms with van der Waals surface area (Å²) >= 11 is 0. The van der Waals surface area contributed by atoms with Gasteiger partial charge in [0, 0.05) is 19.4 Å². The first-order chi connectivity index (χ1) is 15.9. The van der Waals surface area contributed by atoms with Crippen LogP contribution in [0, 0.1) is 0 Å². The smallest absolute Gasteiger partial charge is 0.230 e. The van der Waals surface area contributed by atoms with Crippen molar-refractivity contribution >= 4 is 17.8 Å². The van der Waals surface area contributed by atoms with E-state index in [4.69, 9.17) is 14.2 Å². The highest BCUT2D eigenvalue weighted by Gasteiger charge is 2.30. The SMILES string of the molecule is COc1cc2c(c(OC)c1OC)-c1ccc3nc(NC(C)=O)nc-3cc1C(NC(C)=O)CC2. The van der Waals surface area contributed by atoms with Crippen LogP contribution in [0.5, 0.6) is 17.2 Å². The van der Waals surface area contributed by atoms with E-state index < -0.39 is 0 Å². The summed E-state index contributed by atoms with van der Waals surface area (Å²) in [7, 11) is 4.75. The molecule has 9 nitrogen and oxygen atoms in total. The molecule has 0 spiro atoms. The predicted octanol–water partition coefficient (Wildman–Crippen LogP) is 3.36. The maximum absolute atomic E-state index is 12.0. The average Bonchev–Trinajstić information content (AvgIpc) is 2.97. The summed E-state index contributed by atoms with van der Waals surface area (Å²) in [4.78, 5) is 32.4. The van der Waals surface area contributed by atoms with E-state index in [2.05, 4.69) is 20.6 Å². The molecule has 1 atom stereocenters. The van der Waals surface area contributed by atoms with E-state index in [-0.39, 0.29) is 23.8 Å². The van der Waals surface area contributed by atoms with E-state index in [1.807, 2.05) is 24.3 Å². The van der Waals surface area contributed by atoms with Crippen molar-refractivity contribution in [3.63, 3.8) is 0 Å². The summed E-state index contributed by atoms with van der Waals surface area (Å²) in [6, 6.07) is 7.40. The van der Waals surface area contributed by atoms with Crippen LogP contribution in [0.2, 0.25) is 0 Å². The van der Waals surface area contributed by atoms with Gasteiger partial charge in [-0.25, -0.2) is 9.97 Å². The van der Waals surface area contributed by atoms with Crippen LogP contribution in [0.15, 0.2) is 24.3 Å². The zero-order valence-electron chi connectivity index (χ0n) is 19.2. The molecular formula is C24H26N4O5. The van der Waals surface area contributed by atoms with Crippen molar-refractivity contribution in [1.82, 2.24) is 15.3 Å². The number of rotatable bonds is 5. The van der Waals surface area contributed by atoms with Gasteiger partial charge in [-0.15, -0.1) is 0 Å². The summed E-state index contributed by atoms with van der Waals surface area (Å²) in [5, 5.41) is 5.69. The number of nitrogens with zero attached hydrogens (tertiary/aromatic N) is 2. The Labute approximate surface area is 191 Å². The minimum absolute atomic E-state index is 0.130. The van der Waals surface area contributed by atoms with Crippen molar-refractivity contribution in [2.24, 2.45) is 0 Å². The van der Waals surface area contributed by atoms with E-state index in [0.717, 1.165) is 22.3 Å². The lowest BCUT2D eigenvalue weighted by Crippen LogP contribution is -2.26. The molecule has 2 aliphatic carbocycles. The zero-order chi connectivity index (χ0) is 23.7. The minimum Gasteiger partial charge on any atom is -0.493 e. The summed E-state index contributed by atoms with van der Waals surface area (Å²) in [5.41, 5.74) is 4.87. The molecule has 0 bridgehead atoms. The first-order valence-corrected chi connectivity index (χ1v) is 10.5. The Bertz CT molecular complexity index is 1210. The molecule has 4 rings (SSSR count). The number of benzene rings is 1. The minimum atomic E-state index is -0.261. The third-order valence-electron chi connectivity index (χ3n) is 5.65. The Morgan fingerprint density at radius 2 is 1.67 bits per heavy atom. The molecule has 0 fully saturated rings. The van der Waals surface area contributed by atoms with E-state index >= 15 is 0 Å². The van der Waals surface area contributed by atoms with Gasteiger partial charge in [-0.3, -0.25) is 14.9 Å². The number of aromatic nitrogens is 2. The molecule has 3 aliphatic rings. The Kier molecular flexibility index (Phi) is 6.04. The highest BCUT2D eigenvalue weighted by Crippen LogP contribution is 2.50. The van der Waals surface area contributed by atoms with Crippen LogP contribution in [0.25, 0.3) is 22.5 Å². The van der Waals surface area contributed by atoms with Crippen LogP contribution in [-0.4, -0.2) is 43.1 Å². The van der Waals surface area contributed by atoms with Gasteiger partial charge in [0.05, 0.1) is 38.8 Å². The zero-order valence-corrected chi connectivity index (χ0v) is 19.2. The van der Waals surface area contributed by atoms with Gasteiger partial charge in [0.2, 0.25) is 23.5 Å². The molecule has 2 amide bonds. The molecule has 1 unspecified atom stereocenters. The fourth-order valence-electron chi connectivity index (χ4n) is 4.36. The number of imidazole rings is 1. The summed E-state index contributed by atoms with van der Waals surface area (Å²) in [5.74, 6) is 1.50. The topological polar surface area (TPSA) is 112 Å². The lowest BCUT2D eigenvalue weighted by Gasteiger charge is -2.19. The second-order valence-corrected chi connectivity index (χ2v) is 7.82. The van der Waals surface area contributed by atoms with E-state index in [1.54, 1.807) is 21.3 Å². The fraction of sp³-hybridized carbons (Fsp3) is 0.333. The van der Waals surface area contributed by atoms with Crippen LogP contribution in [0.4, 0.5) is 5.95 Å². The lowest BCUT2D eigenvalue weighted by atomic mass is 9.95. The van der Waals surface area contributed by atoms with Crippen LogP contribution < -0.4 is 24.8 Å². The number of anilines is 1. The van der Waals surface area contributed by atoms with E-state index in [9.17, 15) is 9.59 Å². The molecule has 1 heterocycles. The highest BCUT2D eigenvalue weighted by molar-refractivity contribution is 5.88. The number of carbonyl (C=O) groups excluding carboxylic acids is 2. The molecule has 172 valence electrons. The van der Waals surface area contributed by atoms with Gasteiger partial charge in [-0.1, -0.05) is 6.07 Å². The van der Waals surface area contributed by atoms with Gasteiger partial charge in [0.15, 0.2) is 11.5 Å². The van der Waals surface area contributed by atoms with Crippen LogP contribution in [0.3, 0.4) is 0 Å². The maximum atomic E-state index is 12.0. The number of fused-ring (bicyclic) bond motifs is 4. The first kappa shape index (κ1) is 22.3. The fourth-order valence-corrected chi connectivity index (χ4v) is 4.36. The molecule has 0 radical (unpaired) electrons. The van der Waals surface area contributed by atoms with E-state index in [0.29, 0.717) is 41.5 Å². The Hall–Kier alpha value is -3.88. The van der Waals surface area contributed by atoms with Gasteiger partial charge in [-0.2, -0.15) is 0 Å². The molecule has 1 aliphatic heterocycles. The van der Waals surface area contributed by atoms with Gasteiger partial charge < -0.3 is 19.5 Å². The summed E-state index contributed by atoms with van der Waals surface area (Å²) < 4.78 is 17.0. The molecule has 33 heavy (non-hydrogen) atoms. The number of hydrogen-bond acceptors (Lipinski definition) is 7. The molecular weight excluding hydrogens is 424 g/mol. The largest absolute Gasteiger partial charge is 0.493 e. The number of amides is 2. The predicted molar refractivity (Wildman–Crippen MR) is 123 cm³/mol. The van der Waals surface area contributed by atoms with Crippen molar-refractivity contribution in [2.45, 2.75) is 32.7 Å². The third kappa shape index (κ3) is 4.13. The van der Waals surface area contributed by atoms with Gasteiger partial charge in [0.25, 0.3) is 0 Å². The highest BCUT2D eigenvalue weighted by atomic mass is 16.5. The number of hydrogen-bond donors (Lipinski definition) is 2. The van der Waals surface area contributed by atoms with Crippen LogP contribution in [0.1, 0.15) is 37.4 Å². The average molecular weight is 450 g/mol. The first-order valence-electron chi connectivity index (χ1n) is 10.5. The molecule has 0 saturated heterocycles. The van der Waals surface area contributed by atoms with Crippen molar-refractivity contribution in [2.75, 3.05) is 26.6 Å². The van der Waals surface area contributed by atoms with Gasteiger partial charge >= 0.3 is 0 Å². The Morgan fingerprint density at radius 3 is 2.30 bits per heavy atom. The molecule has 1 aromatic carbocycles. The van der Waals surface area contributed by atoms with Gasteiger partial charge in [0.1, 0.15) is 0 Å². The molecule has 9 heteroatoms. The van der Waals surface area contributed by atoms with E-state index in [1.165, 1.54) is 13.8 Å². The second kappa shape index (κ2) is 8.93. The van der Waals surface area contributed by atoms with Gasteiger partial charge in [-0.05, 0) is 47.7 Å².